The van der Waals surface area contributed by atoms with Gasteiger partial charge in [-0.3, -0.25) is 0 Å². The first-order chi connectivity index (χ1) is 10.3. The Morgan fingerprint density at radius 2 is 2.00 bits per heavy atom. The number of carboxylic acids is 1. The number of nitrogens with zero attached hydrogens (tertiary/aromatic N) is 3. The Hall–Kier alpha value is -1.67. The normalized spacial score (nSPS) is 16.0. The van der Waals surface area contributed by atoms with Crippen LogP contribution in [0.5, 0.6) is 0 Å². The van der Waals surface area contributed by atoms with Crippen molar-refractivity contribution >= 4 is 21.8 Å². The number of aromatic nitrogens is 1. The molecule has 1 aliphatic rings. The van der Waals surface area contributed by atoms with Crippen molar-refractivity contribution in [2.45, 2.75) is 19.8 Å². The number of pyridine rings is 1. The van der Waals surface area contributed by atoms with Crippen LogP contribution in [0.15, 0.2) is 6.07 Å². The Labute approximate surface area is 130 Å². The summed E-state index contributed by atoms with van der Waals surface area (Å²) in [5.41, 5.74) is 1.75. The third kappa shape index (κ3) is 3.22. The second kappa shape index (κ2) is 6.21. The van der Waals surface area contributed by atoms with E-state index in [4.69, 9.17) is 0 Å². The molecular formula is C14H21N3O4S. The highest BCUT2D eigenvalue weighted by Crippen LogP contribution is 2.24. The summed E-state index contributed by atoms with van der Waals surface area (Å²) < 4.78 is 25.5. The molecule has 0 aromatic carbocycles. The zero-order valence-electron chi connectivity index (χ0n) is 13.0. The Morgan fingerprint density at radius 3 is 2.55 bits per heavy atom. The first kappa shape index (κ1) is 16.7. The van der Waals surface area contributed by atoms with E-state index in [-0.39, 0.29) is 11.3 Å². The number of hydrogen-bond acceptors (Lipinski definition) is 5. The number of carboxylic acid groups (broad SMARTS) is 1. The van der Waals surface area contributed by atoms with Gasteiger partial charge in [0, 0.05) is 39.3 Å². The zero-order chi connectivity index (χ0) is 16.5. The molecule has 0 spiro atoms. The molecule has 0 atom stereocenters. The molecule has 0 radical (unpaired) electrons. The van der Waals surface area contributed by atoms with Gasteiger partial charge < -0.3 is 10.0 Å². The van der Waals surface area contributed by atoms with Gasteiger partial charge in [-0.15, -0.1) is 0 Å². The third-order valence-corrected chi connectivity index (χ3v) is 5.69. The minimum atomic E-state index is -3.24. The molecule has 0 aliphatic carbocycles. The zero-order valence-corrected chi connectivity index (χ0v) is 13.9. The van der Waals surface area contributed by atoms with Crippen molar-refractivity contribution in [2.24, 2.45) is 0 Å². The van der Waals surface area contributed by atoms with Crippen molar-refractivity contribution < 1.29 is 18.3 Å². The Bertz CT molecular complexity index is 686. The number of aromatic carboxylic acids is 1. The van der Waals surface area contributed by atoms with E-state index >= 15 is 0 Å². The van der Waals surface area contributed by atoms with Crippen molar-refractivity contribution in [1.82, 2.24) is 9.29 Å². The summed E-state index contributed by atoms with van der Waals surface area (Å²) in [7, 11) is 0.247. The lowest BCUT2D eigenvalue weighted by Crippen LogP contribution is -2.34. The predicted octanol–water partition coefficient (Wildman–Crippen LogP) is 0.596. The van der Waals surface area contributed by atoms with Crippen LogP contribution in [0, 0.1) is 0 Å². The molecule has 1 aliphatic heterocycles. The van der Waals surface area contributed by atoms with E-state index in [9.17, 15) is 18.3 Å². The van der Waals surface area contributed by atoms with Crippen LogP contribution in [-0.2, 0) is 22.9 Å². The molecule has 7 nitrogen and oxygen atoms in total. The van der Waals surface area contributed by atoms with E-state index in [0.29, 0.717) is 31.7 Å². The largest absolute Gasteiger partial charge is 0.478 e. The van der Waals surface area contributed by atoms with E-state index in [2.05, 4.69) is 4.98 Å². The smallest absolute Gasteiger partial charge is 0.339 e. The minimum Gasteiger partial charge on any atom is -0.478 e. The molecule has 1 N–H and O–H groups in total. The van der Waals surface area contributed by atoms with Gasteiger partial charge in [0.1, 0.15) is 11.4 Å². The van der Waals surface area contributed by atoms with Crippen molar-refractivity contribution in [3.8, 4) is 0 Å². The van der Waals surface area contributed by atoms with Crippen molar-refractivity contribution in [1.29, 1.82) is 0 Å². The van der Waals surface area contributed by atoms with Crippen LogP contribution >= 0.6 is 0 Å². The standard InChI is InChI=1S/C14H21N3O4S/c1-4-22(20,21)17-7-5-10-9-11(14(18)19)13(16(2)3)15-12(10)6-8-17/h9H,4-8H2,1-3H3,(H,18,19). The van der Waals surface area contributed by atoms with Gasteiger partial charge in [-0.1, -0.05) is 0 Å². The molecule has 0 saturated heterocycles. The number of fused-ring (bicyclic) bond motifs is 1. The second-order valence-corrected chi connectivity index (χ2v) is 7.72. The molecule has 2 rings (SSSR count). The quantitative estimate of drug-likeness (QED) is 0.871. The summed E-state index contributed by atoms with van der Waals surface area (Å²) in [4.78, 5) is 17.5. The van der Waals surface area contributed by atoms with E-state index in [1.54, 1.807) is 32.0 Å². The number of sulfonamides is 1. The number of anilines is 1. The summed E-state index contributed by atoms with van der Waals surface area (Å²) >= 11 is 0. The van der Waals surface area contributed by atoms with Crippen LogP contribution in [-0.4, -0.2) is 61.7 Å². The fourth-order valence-corrected chi connectivity index (χ4v) is 3.67. The molecule has 122 valence electrons. The van der Waals surface area contributed by atoms with Crippen LogP contribution in [0.2, 0.25) is 0 Å². The Balaban J connectivity index is 2.40. The number of carbonyl (C=O) groups is 1. The third-order valence-electron chi connectivity index (χ3n) is 3.81. The van der Waals surface area contributed by atoms with Crippen molar-refractivity contribution in [3.05, 3.63) is 22.9 Å². The lowest BCUT2D eigenvalue weighted by molar-refractivity contribution is 0.0697. The van der Waals surface area contributed by atoms with E-state index in [1.807, 2.05) is 0 Å². The highest BCUT2D eigenvalue weighted by molar-refractivity contribution is 7.89. The predicted molar refractivity (Wildman–Crippen MR) is 84.0 cm³/mol. The van der Waals surface area contributed by atoms with Gasteiger partial charge in [-0.05, 0) is 25.0 Å². The van der Waals surface area contributed by atoms with Gasteiger partial charge in [0.15, 0.2) is 0 Å². The second-order valence-electron chi connectivity index (χ2n) is 5.46. The van der Waals surface area contributed by atoms with Gasteiger partial charge in [0.2, 0.25) is 10.0 Å². The first-order valence-electron chi connectivity index (χ1n) is 7.17. The van der Waals surface area contributed by atoms with Crippen LogP contribution < -0.4 is 4.90 Å². The molecule has 0 unspecified atom stereocenters. The van der Waals surface area contributed by atoms with Gasteiger partial charge in [-0.2, -0.15) is 0 Å². The lowest BCUT2D eigenvalue weighted by Gasteiger charge is -2.18. The Kier molecular flexibility index (Phi) is 4.72. The Morgan fingerprint density at radius 1 is 1.36 bits per heavy atom. The van der Waals surface area contributed by atoms with E-state index in [1.165, 1.54) is 4.31 Å². The molecule has 0 fully saturated rings. The number of rotatable bonds is 4. The monoisotopic (exact) mass is 327 g/mol. The fourth-order valence-electron chi connectivity index (χ4n) is 2.56. The molecule has 0 bridgehead atoms. The van der Waals surface area contributed by atoms with Crippen molar-refractivity contribution in [3.63, 3.8) is 0 Å². The fraction of sp³-hybridized carbons (Fsp3) is 0.571. The summed E-state index contributed by atoms with van der Waals surface area (Å²) in [6, 6.07) is 1.63. The van der Waals surface area contributed by atoms with Crippen molar-refractivity contribution in [2.75, 3.05) is 37.8 Å². The molecule has 0 saturated carbocycles. The van der Waals surface area contributed by atoms with Crippen LogP contribution in [0.3, 0.4) is 0 Å². The molecule has 8 heteroatoms. The topological polar surface area (TPSA) is 90.8 Å². The SMILES string of the molecule is CCS(=O)(=O)N1CCc2cc(C(=O)O)c(N(C)C)nc2CC1. The van der Waals surface area contributed by atoms with E-state index in [0.717, 1.165) is 11.3 Å². The highest BCUT2D eigenvalue weighted by Gasteiger charge is 2.25. The molecule has 0 amide bonds. The molecule has 1 aromatic rings. The maximum Gasteiger partial charge on any atom is 0.339 e. The van der Waals surface area contributed by atoms with Crippen LogP contribution in [0.25, 0.3) is 0 Å². The molecule has 1 aromatic heterocycles. The maximum absolute atomic E-state index is 12.0. The van der Waals surface area contributed by atoms with Crippen LogP contribution in [0.1, 0.15) is 28.5 Å². The molecule has 2 heterocycles. The van der Waals surface area contributed by atoms with Crippen LogP contribution in [0.4, 0.5) is 5.82 Å². The molecular weight excluding hydrogens is 306 g/mol. The van der Waals surface area contributed by atoms with E-state index < -0.39 is 16.0 Å². The first-order valence-corrected chi connectivity index (χ1v) is 8.78. The minimum absolute atomic E-state index is 0.0695. The van der Waals surface area contributed by atoms with Gasteiger partial charge >= 0.3 is 5.97 Å². The number of hydrogen-bond donors (Lipinski definition) is 1. The lowest BCUT2D eigenvalue weighted by atomic mass is 10.1. The van der Waals surface area contributed by atoms with Gasteiger partial charge in [0.25, 0.3) is 0 Å². The summed E-state index contributed by atoms with van der Waals surface area (Å²) in [6.07, 6.45) is 0.977. The maximum atomic E-state index is 12.0. The average Bonchev–Trinajstić information content (AvgIpc) is 2.67. The van der Waals surface area contributed by atoms with Gasteiger partial charge in [-0.25, -0.2) is 22.5 Å². The average molecular weight is 327 g/mol. The summed E-state index contributed by atoms with van der Waals surface area (Å²) in [5, 5.41) is 9.33. The summed E-state index contributed by atoms with van der Waals surface area (Å²) in [6.45, 7) is 2.37. The van der Waals surface area contributed by atoms with Gasteiger partial charge in [0.05, 0.1) is 5.75 Å². The summed E-state index contributed by atoms with van der Waals surface area (Å²) in [5.74, 6) is -0.556. The highest BCUT2D eigenvalue weighted by atomic mass is 32.2. The molecule has 22 heavy (non-hydrogen) atoms.